The number of hydrogen-bond donors (Lipinski definition) is 2. The van der Waals surface area contributed by atoms with Gasteiger partial charge in [0.1, 0.15) is 0 Å². The molecule has 0 radical (unpaired) electrons. The summed E-state index contributed by atoms with van der Waals surface area (Å²) in [5, 5.41) is 6.36. The minimum Gasteiger partial charge on any atom is -0.324 e. The molecule has 1 aliphatic heterocycles. The lowest BCUT2D eigenvalue weighted by Crippen LogP contribution is -2.40. The van der Waals surface area contributed by atoms with Crippen molar-refractivity contribution in [2.75, 3.05) is 11.9 Å². The second kappa shape index (κ2) is 6.17. The lowest BCUT2D eigenvalue weighted by molar-refractivity contribution is -0.120. The van der Waals surface area contributed by atoms with Crippen molar-refractivity contribution < 1.29 is 4.79 Å². The minimum absolute atomic E-state index is 0.0975. The normalized spacial score (nSPS) is 23.7. The summed E-state index contributed by atoms with van der Waals surface area (Å²) in [5.74, 6) is 0.205. The lowest BCUT2D eigenvalue weighted by Gasteiger charge is -2.27. The van der Waals surface area contributed by atoms with Gasteiger partial charge in [0.2, 0.25) is 5.91 Å². The van der Waals surface area contributed by atoms with Gasteiger partial charge in [-0.1, -0.05) is 6.07 Å². The van der Waals surface area contributed by atoms with Crippen molar-refractivity contribution in [1.29, 1.82) is 0 Å². The largest absolute Gasteiger partial charge is 0.324 e. The average Bonchev–Trinajstić information content (AvgIpc) is 2.34. The molecule has 1 heterocycles. The highest BCUT2D eigenvalue weighted by Gasteiger charge is 2.25. The van der Waals surface area contributed by atoms with E-state index in [1.165, 1.54) is 0 Å². The maximum Gasteiger partial charge on any atom is 0.227 e. The number of rotatable bonds is 2. The number of carbonyl (C=O) groups excluding carboxylic acids is 1. The number of nitrogens with one attached hydrogen (secondary N) is 2. The Labute approximate surface area is 124 Å². The van der Waals surface area contributed by atoms with Gasteiger partial charge < -0.3 is 10.6 Å². The summed E-state index contributed by atoms with van der Waals surface area (Å²) in [7, 11) is 0. The molecule has 0 bridgehead atoms. The van der Waals surface area contributed by atoms with Crippen molar-refractivity contribution in [2.24, 2.45) is 5.92 Å². The molecule has 2 N–H and O–H groups in total. The number of carbonyl (C=O) groups is 1. The topological polar surface area (TPSA) is 41.1 Å². The van der Waals surface area contributed by atoms with Crippen LogP contribution in [0.2, 0.25) is 0 Å². The third-order valence-electron chi connectivity index (χ3n) is 3.21. The van der Waals surface area contributed by atoms with E-state index in [1.807, 2.05) is 18.2 Å². The molecule has 1 fully saturated rings. The van der Waals surface area contributed by atoms with Crippen molar-refractivity contribution in [2.45, 2.75) is 25.8 Å². The van der Waals surface area contributed by atoms with E-state index in [4.69, 9.17) is 0 Å². The van der Waals surface area contributed by atoms with E-state index < -0.39 is 0 Å². The van der Waals surface area contributed by atoms with Crippen molar-refractivity contribution in [3.63, 3.8) is 0 Å². The number of hydrogen-bond acceptors (Lipinski definition) is 2. The van der Waals surface area contributed by atoms with E-state index in [0.29, 0.717) is 6.04 Å². The zero-order valence-corrected chi connectivity index (χ0v) is 13.3. The van der Waals surface area contributed by atoms with Crippen LogP contribution in [-0.2, 0) is 4.79 Å². The van der Waals surface area contributed by atoms with Gasteiger partial charge in [-0.3, -0.25) is 4.79 Å². The average molecular weight is 376 g/mol. The highest BCUT2D eigenvalue weighted by atomic mass is 79.9. The van der Waals surface area contributed by atoms with Crippen molar-refractivity contribution in [3.05, 3.63) is 27.1 Å². The van der Waals surface area contributed by atoms with Crippen LogP contribution in [0.25, 0.3) is 0 Å². The van der Waals surface area contributed by atoms with E-state index in [9.17, 15) is 4.79 Å². The summed E-state index contributed by atoms with van der Waals surface area (Å²) in [5.41, 5.74) is 0.814. The molecule has 0 aliphatic carbocycles. The quantitative estimate of drug-likeness (QED) is 0.829. The fourth-order valence-electron chi connectivity index (χ4n) is 2.21. The Balaban J connectivity index is 2.07. The molecule has 3 nitrogen and oxygen atoms in total. The predicted molar refractivity (Wildman–Crippen MR) is 80.7 cm³/mol. The molecule has 18 heavy (non-hydrogen) atoms. The first-order chi connectivity index (χ1) is 8.58. The van der Waals surface area contributed by atoms with Crippen LogP contribution < -0.4 is 10.6 Å². The number of piperidine rings is 1. The van der Waals surface area contributed by atoms with Crippen LogP contribution >= 0.6 is 31.9 Å². The Bertz CT molecular complexity index is 430. The molecule has 1 amide bonds. The highest BCUT2D eigenvalue weighted by Crippen LogP contribution is 2.31. The molecule has 0 saturated carbocycles. The lowest BCUT2D eigenvalue weighted by atomic mass is 9.92. The first kappa shape index (κ1) is 14.0. The first-order valence-electron chi connectivity index (χ1n) is 6.06. The van der Waals surface area contributed by atoms with Crippen LogP contribution in [-0.4, -0.2) is 18.5 Å². The molecule has 1 saturated heterocycles. The Morgan fingerprint density at radius 2 is 2.06 bits per heavy atom. The molecular formula is C13H16Br2N2O. The standard InChI is InChI=1S/C13H16Br2N2O/c1-8-7-9(5-6-16-8)13(18)17-12-10(14)3-2-4-11(12)15/h2-4,8-9,16H,5-7H2,1H3,(H,17,18). The molecule has 2 atom stereocenters. The Morgan fingerprint density at radius 3 is 2.67 bits per heavy atom. The SMILES string of the molecule is CC1CC(C(=O)Nc2c(Br)cccc2Br)CCN1. The van der Waals surface area contributed by atoms with Crippen molar-refractivity contribution >= 4 is 43.5 Å². The smallest absolute Gasteiger partial charge is 0.227 e. The molecule has 0 aromatic heterocycles. The number of halogens is 2. The van der Waals surface area contributed by atoms with Crippen LogP contribution in [0.3, 0.4) is 0 Å². The third kappa shape index (κ3) is 3.33. The van der Waals surface area contributed by atoms with Gasteiger partial charge in [0.15, 0.2) is 0 Å². The van der Waals surface area contributed by atoms with E-state index in [1.54, 1.807) is 0 Å². The predicted octanol–water partition coefficient (Wildman–Crippen LogP) is 3.54. The van der Waals surface area contributed by atoms with Gasteiger partial charge in [-0.05, 0) is 70.3 Å². The number of benzene rings is 1. The van der Waals surface area contributed by atoms with Crippen LogP contribution in [0.5, 0.6) is 0 Å². The van der Waals surface area contributed by atoms with Gasteiger partial charge in [0, 0.05) is 20.9 Å². The van der Waals surface area contributed by atoms with Gasteiger partial charge in [0.25, 0.3) is 0 Å². The first-order valence-corrected chi connectivity index (χ1v) is 7.65. The second-order valence-electron chi connectivity index (χ2n) is 4.66. The molecule has 1 aromatic rings. The fourth-order valence-corrected chi connectivity index (χ4v) is 3.41. The third-order valence-corrected chi connectivity index (χ3v) is 4.53. The van der Waals surface area contributed by atoms with E-state index in [2.05, 4.69) is 49.4 Å². The maximum absolute atomic E-state index is 12.2. The summed E-state index contributed by atoms with van der Waals surface area (Å²) >= 11 is 6.91. The highest BCUT2D eigenvalue weighted by molar-refractivity contribution is 9.11. The van der Waals surface area contributed by atoms with Crippen molar-refractivity contribution in [3.8, 4) is 0 Å². The van der Waals surface area contributed by atoms with Gasteiger partial charge in [-0.2, -0.15) is 0 Å². The van der Waals surface area contributed by atoms with Gasteiger partial charge >= 0.3 is 0 Å². The molecule has 2 unspecified atom stereocenters. The van der Waals surface area contributed by atoms with Crippen LogP contribution in [0.4, 0.5) is 5.69 Å². The summed E-state index contributed by atoms with van der Waals surface area (Å²) < 4.78 is 1.79. The summed E-state index contributed by atoms with van der Waals surface area (Å²) in [6.07, 6.45) is 1.80. The van der Waals surface area contributed by atoms with Gasteiger partial charge in [-0.15, -0.1) is 0 Å². The minimum atomic E-state index is 0.0975. The second-order valence-corrected chi connectivity index (χ2v) is 6.37. The van der Waals surface area contributed by atoms with E-state index in [0.717, 1.165) is 34.0 Å². The molecular weight excluding hydrogens is 360 g/mol. The zero-order chi connectivity index (χ0) is 13.1. The molecule has 98 valence electrons. The summed E-state index contributed by atoms with van der Waals surface area (Å²) in [4.78, 5) is 12.2. The Morgan fingerprint density at radius 1 is 1.39 bits per heavy atom. The number of amides is 1. The molecule has 5 heteroatoms. The maximum atomic E-state index is 12.2. The van der Waals surface area contributed by atoms with E-state index >= 15 is 0 Å². The Hall–Kier alpha value is -0.390. The summed E-state index contributed by atoms with van der Waals surface area (Å²) in [6.45, 7) is 3.03. The van der Waals surface area contributed by atoms with Crippen LogP contribution in [0.1, 0.15) is 19.8 Å². The number of para-hydroxylation sites is 1. The fraction of sp³-hybridized carbons (Fsp3) is 0.462. The molecule has 0 spiro atoms. The summed E-state index contributed by atoms with van der Waals surface area (Å²) in [6, 6.07) is 6.19. The molecule has 2 rings (SSSR count). The van der Waals surface area contributed by atoms with E-state index in [-0.39, 0.29) is 11.8 Å². The van der Waals surface area contributed by atoms with Gasteiger partial charge in [0.05, 0.1) is 5.69 Å². The number of anilines is 1. The molecule has 1 aromatic carbocycles. The van der Waals surface area contributed by atoms with Crippen LogP contribution in [0, 0.1) is 5.92 Å². The zero-order valence-electron chi connectivity index (χ0n) is 10.2. The van der Waals surface area contributed by atoms with Gasteiger partial charge in [-0.25, -0.2) is 0 Å². The van der Waals surface area contributed by atoms with Crippen molar-refractivity contribution in [1.82, 2.24) is 5.32 Å². The Kier molecular flexibility index (Phi) is 4.81. The molecule has 1 aliphatic rings. The van der Waals surface area contributed by atoms with Crippen LogP contribution in [0.15, 0.2) is 27.1 Å². The monoisotopic (exact) mass is 374 g/mol.